The van der Waals surface area contributed by atoms with Crippen molar-refractivity contribution in [1.82, 2.24) is 14.8 Å². The predicted molar refractivity (Wildman–Crippen MR) is 116 cm³/mol. The lowest BCUT2D eigenvalue weighted by molar-refractivity contribution is 0.0950. The van der Waals surface area contributed by atoms with Crippen LogP contribution in [0.15, 0.2) is 40.7 Å². The van der Waals surface area contributed by atoms with Crippen LogP contribution < -0.4 is 10.9 Å². The van der Waals surface area contributed by atoms with Gasteiger partial charge in [-0.1, -0.05) is 30.3 Å². The van der Waals surface area contributed by atoms with Crippen LogP contribution in [0.4, 0.5) is 4.79 Å². The zero-order valence-electron chi connectivity index (χ0n) is 17.0. The predicted octanol–water partition coefficient (Wildman–Crippen LogP) is 3.77. The van der Waals surface area contributed by atoms with E-state index in [1.54, 1.807) is 9.47 Å². The average molecular weight is 418 g/mol. The number of hydrogen-bond donors (Lipinski definition) is 1. The number of hydrogen-bond acceptors (Lipinski definition) is 4. The van der Waals surface area contributed by atoms with Crippen molar-refractivity contribution >= 4 is 28.6 Å². The van der Waals surface area contributed by atoms with Gasteiger partial charge in [0.2, 0.25) is 0 Å². The summed E-state index contributed by atoms with van der Waals surface area (Å²) in [6.45, 7) is 10.0. The van der Waals surface area contributed by atoms with E-state index in [4.69, 9.17) is 16.3 Å². The molecule has 7 heteroatoms. The van der Waals surface area contributed by atoms with Crippen LogP contribution in [0.3, 0.4) is 0 Å². The number of allylic oxidation sites excluding steroid dienone is 1. The molecule has 29 heavy (non-hydrogen) atoms. The van der Waals surface area contributed by atoms with Gasteiger partial charge < -0.3 is 19.5 Å². The maximum Gasteiger partial charge on any atom is 0.409 e. The Labute approximate surface area is 176 Å². The molecule has 0 radical (unpaired) electrons. The summed E-state index contributed by atoms with van der Waals surface area (Å²) in [5.41, 5.74) is 2.60. The Morgan fingerprint density at radius 3 is 2.69 bits per heavy atom. The van der Waals surface area contributed by atoms with Crippen molar-refractivity contribution in [2.75, 3.05) is 19.7 Å². The van der Waals surface area contributed by atoms with Gasteiger partial charge in [-0.25, -0.2) is 4.79 Å². The van der Waals surface area contributed by atoms with E-state index in [1.165, 1.54) is 0 Å². The number of benzene rings is 1. The molecule has 2 heterocycles. The second-order valence-corrected chi connectivity index (χ2v) is 8.02. The third-order valence-electron chi connectivity index (χ3n) is 5.26. The standard InChI is InChI=1S/C22H28ClN3O3/c1-4-29-22(28)25-9-7-19(8-10-25)24-13-18-12-17-6-5-15(2)11-20(17)26(21(18)27)14-16(3)23/h5-6,11-12,19,24H,3-4,7-10,13-14H2,1-2H3. The van der Waals surface area contributed by atoms with Crippen LogP contribution in [-0.4, -0.2) is 41.3 Å². The molecule has 0 unspecified atom stereocenters. The highest BCUT2D eigenvalue weighted by molar-refractivity contribution is 6.29. The highest BCUT2D eigenvalue weighted by Crippen LogP contribution is 2.18. The number of fused-ring (bicyclic) bond motifs is 1. The number of halogens is 1. The average Bonchev–Trinajstić information content (AvgIpc) is 2.69. The van der Waals surface area contributed by atoms with E-state index < -0.39 is 0 Å². The molecule has 0 bridgehead atoms. The minimum Gasteiger partial charge on any atom is -0.450 e. The van der Waals surface area contributed by atoms with Gasteiger partial charge >= 0.3 is 6.09 Å². The van der Waals surface area contributed by atoms with Crippen molar-refractivity contribution in [2.45, 2.75) is 45.8 Å². The van der Waals surface area contributed by atoms with Crippen LogP contribution in [-0.2, 0) is 17.8 Å². The van der Waals surface area contributed by atoms with E-state index in [9.17, 15) is 9.59 Å². The van der Waals surface area contributed by atoms with Crippen LogP contribution in [0.25, 0.3) is 10.9 Å². The smallest absolute Gasteiger partial charge is 0.409 e. The van der Waals surface area contributed by atoms with Crippen LogP contribution in [0.2, 0.25) is 0 Å². The summed E-state index contributed by atoms with van der Waals surface area (Å²) in [6.07, 6.45) is 1.41. The molecule has 1 aromatic heterocycles. The zero-order valence-corrected chi connectivity index (χ0v) is 17.8. The van der Waals surface area contributed by atoms with Gasteiger partial charge in [-0.2, -0.15) is 0 Å². The molecule has 0 spiro atoms. The number of likely N-dealkylation sites (tertiary alicyclic amines) is 1. The highest BCUT2D eigenvalue weighted by atomic mass is 35.5. The Morgan fingerprint density at radius 1 is 1.31 bits per heavy atom. The molecule has 1 amide bonds. The molecule has 1 aromatic carbocycles. The Hall–Kier alpha value is -2.31. The van der Waals surface area contributed by atoms with E-state index >= 15 is 0 Å². The van der Waals surface area contributed by atoms with Gasteiger partial charge in [0.05, 0.1) is 18.7 Å². The van der Waals surface area contributed by atoms with Crippen molar-refractivity contribution in [3.63, 3.8) is 0 Å². The van der Waals surface area contributed by atoms with Gasteiger partial charge in [0.15, 0.2) is 0 Å². The Morgan fingerprint density at radius 2 is 2.03 bits per heavy atom. The molecule has 0 atom stereocenters. The molecule has 1 N–H and O–H groups in total. The fourth-order valence-corrected chi connectivity index (χ4v) is 3.85. The summed E-state index contributed by atoms with van der Waals surface area (Å²) in [6, 6.07) is 8.27. The monoisotopic (exact) mass is 417 g/mol. The van der Waals surface area contributed by atoms with E-state index in [1.807, 2.05) is 38.1 Å². The number of pyridine rings is 1. The topological polar surface area (TPSA) is 63.6 Å². The van der Waals surface area contributed by atoms with Gasteiger partial charge in [-0.3, -0.25) is 4.79 Å². The number of nitrogens with one attached hydrogen (secondary N) is 1. The molecule has 3 rings (SSSR count). The SMILES string of the molecule is C=C(Cl)Cn1c(=O)c(CNC2CCN(C(=O)OCC)CC2)cc2ccc(C)cc21. The van der Waals surface area contributed by atoms with Gasteiger partial charge in [0.1, 0.15) is 0 Å². The van der Waals surface area contributed by atoms with Crippen molar-refractivity contribution < 1.29 is 9.53 Å². The molecule has 6 nitrogen and oxygen atoms in total. The number of aromatic nitrogens is 1. The minimum atomic E-state index is -0.250. The fourth-order valence-electron chi connectivity index (χ4n) is 3.73. The summed E-state index contributed by atoms with van der Waals surface area (Å²) in [4.78, 5) is 26.6. The number of aryl methyl sites for hydroxylation is 1. The maximum absolute atomic E-state index is 13.1. The lowest BCUT2D eigenvalue weighted by Crippen LogP contribution is -2.45. The second-order valence-electron chi connectivity index (χ2n) is 7.48. The fraction of sp³-hybridized carbons (Fsp3) is 0.455. The van der Waals surface area contributed by atoms with Crippen LogP contribution >= 0.6 is 11.6 Å². The van der Waals surface area contributed by atoms with Gasteiger partial charge in [0, 0.05) is 36.3 Å². The van der Waals surface area contributed by atoms with Gasteiger partial charge in [-0.15, -0.1) is 0 Å². The lowest BCUT2D eigenvalue weighted by atomic mass is 10.0. The molecular formula is C22H28ClN3O3. The van der Waals surface area contributed by atoms with Crippen molar-refractivity contribution in [2.24, 2.45) is 0 Å². The maximum atomic E-state index is 13.1. The normalized spacial score (nSPS) is 14.9. The zero-order chi connectivity index (χ0) is 21.0. The highest BCUT2D eigenvalue weighted by Gasteiger charge is 2.23. The first-order valence-electron chi connectivity index (χ1n) is 10.0. The molecular weight excluding hydrogens is 390 g/mol. The van der Waals surface area contributed by atoms with Gasteiger partial charge in [-0.05, 0) is 49.8 Å². The number of piperidine rings is 1. The number of carbonyl (C=O) groups excluding carboxylic acids is 1. The summed E-state index contributed by atoms with van der Waals surface area (Å²) in [7, 11) is 0. The third-order valence-corrected chi connectivity index (χ3v) is 5.38. The summed E-state index contributed by atoms with van der Waals surface area (Å²) in [5.74, 6) is 0. The number of ether oxygens (including phenoxy) is 1. The van der Waals surface area contributed by atoms with Crippen molar-refractivity contribution in [3.8, 4) is 0 Å². The number of nitrogens with zero attached hydrogens (tertiary/aromatic N) is 2. The molecule has 0 saturated carbocycles. The van der Waals surface area contributed by atoms with E-state index in [2.05, 4.69) is 11.9 Å². The van der Waals surface area contributed by atoms with Crippen molar-refractivity contribution in [1.29, 1.82) is 0 Å². The Bertz CT molecular complexity index is 962. The van der Waals surface area contributed by atoms with E-state index in [-0.39, 0.29) is 24.2 Å². The van der Waals surface area contributed by atoms with Crippen LogP contribution in [0.5, 0.6) is 0 Å². The molecule has 156 valence electrons. The molecule has 0 aliphatic carbocycles. The Balaban J connectivity index is 1.73. The molecule has 1 saturated heterocycles. The molecule has 1 aliphatic rings. The van der Waals surface area contributed by atoms with Crippen molar-refractivity contribution in [3.05, 3.63) is 57.4 Å². The summed E-state index contributed by atoms with van der Waals surface area (Å²) >= 11 is 6.03. The second kappa shape index (κ2) is 9.46. The first-order valence-corrected chi connectivity index (χ1v) is 10.4. The quantitative estimate of drug-likeness (QED) is 0.777. The van der Waals surface area contributed by atoms with Gasteiger partial charge in [0.25, 0.3) is 5.56 Å². The number of amides is 1. The third kappa shape index (κ3) is 5.19. The lowest BCUT2D eigenvalue weighted by Gasteiger charge is -2.31. The Kier molecular flexibility index (Phi) is 6.98. The minimum absolute atomic E-state index is 0.0543. The molecule has 2 aromatic rings. The van der Waals surface area contributed by atoms with Crippen LogP contribution in [0, 0.1) is 6.92 Å². The first kappa shape index (κ1) is 21.4. The first-order chi connectivity index (χ1) is 13.9. The number of carbonyl (C=O) groups is 1. The number of rotatable bonds is 6. The summed E-state index contributed by atoms with van der Waals surface area (Å²) in [5, 5.41) is 4.90. The van der Waals surface area contributed by atoms with E-state index in [0.29, 0.717) is 36.8 Å². The van der Waals surface area contributed by atoms with E-state index in [0.717, 1.165) is 29.3 Å². The molecule has 1 aliphatic heterocycles. The largest absolute Gasteiger partial charge is 0.450 e. The van der Waals surface area contributed by atoms with Crippen LogP contribution in [0.1, 0.15) is 30.9 Å². The summed E-state index contributed by atoms with van der Waals surface area (Å²) < 4.78 is 6.75. The molecule has 1 fully saturated rings.